The van der Waals surface area contributed by atoms with Crippen LogP contribution in [0.3, 0.4) is 0 Å². The summed E-state index contributed by atoms with van der Waals surface area (Å²) in [6.45, 7) is 4.27. The van der Waals surface area contributed by atoms with E-state index in [2.05, 4.69) is 24.4 Å². The molecule has 1 aliphatic heterocycles. The molecule has 3 nitrogen and oxygen atoms in total. The third-order valence-corrected chi connectivity index (χ3v) is 4.30. The number of hydrogen-bond donors (Lipinski definition) is 1. The second kappa shape index (κ2) is 4.34. The van der Waals surface area contributed by atoms with E-state index in [-0.39, 0.29) is 23.2 Å². The van der Waals surface area contributed by atoms with E-state index >= 15 is 0 Å². The Bertz CT molecular complexity index is 565. The monoisotopic (exact) mass is 276 g/mol. The lowest BCUT2D eigenvalue weighted by Crippen LogP contribution is -2.45. The van der Waals surface area contributed by atoms with Gasteiger partial charge in [-0.2, -0.15) is 5.10 Å². The average molecular weight is 277 g/mol. The molecule has 2 atom stereocenters. The van der Waals surface area contributed by atoms with Gasteiger partial charge in [-0.05, 0) is 17.9 Å². The molecule has 1 fully saturated rings. The normalized spacial score (nSPS) is 28.6. The Balaban J connectivity index is 1.95. The molecule has 0 unspecified atom stereocenters. The van der Waals surface area contributed by atoms with Gasteiger partial charge in [-0.15, -0.1) is 0 Å². The molecule has 0 amide bonds. The van der Waals surface area contributed by atoms with Crippen LogP contribution in [0.15, 0.2) is 29.4 Å². The molecular formula is C15H17ClN2O. The summed E-state index contributed by atoms with van der Waals surface area (Å²) in [5.41, 5.74) is 4.86. The van der Waals surface area contributed by atoms with Gasteiger partial charge >= 0.3 is 0 Å². The van der Waals surface area contributed by atoms with Gasteiger partial charge in [0.15, 0.2) is 0 Å². The van der Waals surface area contributed by atoms with Crippen molar-refractivity contribution < 1.29 is 4.79 Å². The largest absolute Gasteiger partial charge is 0.306 e. The molecule has 100 valence electrons. The number of hydrogen-bond acceptors (Lipinski definition) is 3. The Kier molecular flexibility index (Phi) is 2.90. The van der Waals surface area contributed by atoms with Crippen LogP contribution >= 0.6 is 11.6 Å². The summed E-state index contributed by atoms with van der Waals surface area (Å²) in [5, 5.41) is 5.04. The zero-order chi connectivity index (χ0) is 13.6. The number of hydrazone groups is 1. The highest BCUT2D eigenvalue weighted by Gasteiger charge is 2.46. The van der Waals surface area contributed by atoms with E-state index in [1.165, 1.54) is 0 Å². The van der Waals surface area contributed by atoms with Crippen molar-refractivity contribution in [2.45, 2.75) is 32.7 Å². The molecule has 1 aliphatic carbocycles. The van der Waals surface area contributed by atoms with Gasteiger partial charge in [-0.3, -0.25) is 4.79 Å². The van der Waals surface area contributed by atoms with Crippen LogP contribution in [0.4, 0.5) is 0 Å². The molecule has 0 bridgehead atoms. The van der Waals surface area contributed by atoms with E-state index in [1.807, 2.05) is 24.3 Å². The van der Waals surface area contributed by atoms with Gasteiger partial charge in [0.25, 0.3) is 0 Å². The van der Waals surface area contributed by atoms with Crippen LogP contribution in [-0.4, -0.2) is 17.5 Å². The summed E-state index contributed by atoms with van der Waals surface area (Å²) in [5.74, 6) is 0.123. The maximum absolute atomic E-state index is 12.4. The number of ketones is 1. The topological polar surface area (TPSA) is 41.5 Å². The van der Waals surface area contributed by atoms with Crippen molar-refractivity contribution >= 4 is 23.1 Å². The Morgan fingerprint density at radius 2 is 2.11 bits per heavy atom. The molecule has 0 radical (unpaired) electrons. The molecule has 19 heavy (non-hydrogen) atoms. The van der Waals surface area contributed by atoms with Crippen molar-refractivity contribution in [3.05, 3.63) is 34.9 Å². The van der Waals surface area contributed by atoms with Crippen LogP contribution in [0.25, 0.3) is 0 Å². The van der Waals surface area contributed by atoms with Crippen molar-refractivity contribution in [1.29, 1.82) is 0 Å². The van der Waals surface area contributed by atoms with Gasteiger partial charge in [-0.25, -0.2) is 0 Å². The summed E-state index contributed by atoms with van der Waals surface area (Å²) in [6.07, 6.45) is 1.57. The predicted molar refractivity (Wildman–Crippen MR) is 76.4 cm³/mol. The average Bonchev–Trinajstić information content (AvgIpc) is 2.71. The highest BCUT2D eigenvalue weighted by molar-refractivity contribution is 6.35. The van der Waals surface area contributed by atoms with Crippen LogP contribution in [0.2, 0.25) is 5.02 Å². The van der Waals surface area contributed by atoms with Gasteiger partial charge in [0.1, 0.15) is 5.78 Å². The first kappa shape index (κ1) is 12.7. The molecule has 1 aromatic carbocycles. The molecule has 1 aromatic rings. The lowest BCUT2D eigenvalue weighted by atomic mass is 9.68. The first-order valence-corrected chi connectivity index (χ1v) is 6.96. The van der Waals surface area contributed by atoms with Crippen molar-refractivity contribution in [2.24, 2.45) is 16.4 Å². The zero-order valence-electron chi connectivity index (χ0n) is 11.1. The Morgan fingerprint density at radius 3 is 2.84 bits per heavy atom. The molecule has 1 N–H and O–H groups in total. The second-order valence-electron chi connectivity index (χ2n) is 6.20. The maximum atomic E-state index is 12.4. The second-order valence-corrected chi connectivity index (χ2v) is 6.61. The van der Waals surface area contributed by atoms with Crippen LogP contribution in [0, 0.1) is 11.3 Å². The molecule has 3 rings (SSSR count). The first-order chi connectivity index (χ1) is 8.98. The summed E-state index contributed by atoms with van der Waals surface area (Å²) >= 11 is 6.22. The Hall–Kier alpha value is -1.35. The summed E-state index contributed by atoms with van der Waals surface area (Å²) in [7, 11) is 0. The number of nitrogens with one attached hydrogen (secondary N) is 1. The molecule has 1 heterocycles. The van der Waals surface area contributed by atoms with Crippen molar-refractivity contribution in [3.8, 4) is 0 Å². The SMILES string of the molecule is CC1(C)CC(=O)[C@H]2C(c3ccccc3Cl)=NN[C@@H]2C1. The first-order valence-electron chi connectivity index (χ1n) is 6.59. The molecular weight excluding hydrogens is 260 g/mol. The number of Topliss-reactive ketones (excluding diaryl/α,β-unsaturated/α-hetero) is 1. The number of halogens is 1. The standard InChI is InChI=1S/C15H17ClN2O/c1-15(2)7-11-13(12(19)8-15)14(18-17-11)9-5-3-4-6-10(9)16/h3-6,11,13,17H,7-8H2,1-2H3/t11-,13+/m1/s1. The Morgan fingerprint density at radius 1 is 1.37 bits per heavy atom. The van der Waals surface area contributed by atoms with E-state index in [9.17, 15) is 4.79 Å². The number of carbonyl (C=O) groups excluding carboxylic acids is 1. The van der Waals surface area contributed by atoms with E-state index in [4.69, 9.17) is 11.6 Å². The molecule has 1 saturated carbocycles. The summed E-state index contributed by atoms with van der Waals surface area (Å²) in [4.78, 5) is 12.4. The minimum atomic E-state index is -0.145. The van der Waals surface area contributed by atoms with Crippen molar-refractivity contribution in [2.75, 3.05) is 0 Å². The van der Waals surface area contributed by atoms with Gasteiger partial charge in [0, 0.05) is 17.0 Å². The van der Waals surface area contributed by atoms with Gasteiger partial charge in [0.2, 0.25) is 0 Å². The molecule has 2 aliphatic rings. The van der Waals surface area contributed by atoms with Crippen molar-refractivity contribution in [1.82, 2.24) is 5.43 Å². The highest BCUT2D eigenvalue weighted by atomic mass is 35.5. The van der Waals surface area contributed by atoms with Crippen LogP contribution in [0.5, 0.6) is 0 Å². The lowest BCUT2D eigenvalue weighted by molar-refractivity contribution is -0.126. The van der Waals surface area contributed by atoms with Gasteiger partial charge in [-0.1, -0.05) is 43.6 Å². The number of rotatable bonds is 1. The van der Waals surface area contributed by atoms with E-state index in [1.54, 1.807) is 0 Å². The quantitative estimate of drug-likeness (QED) is 0.857. The fourth-order valence-corrected chi connectivity index (χ4v) is 3.41. The molecule has 4 heteroatoms. The van der Waals surface area contributed by atoms with E-state index in [0.717, 1.165) is 17.7 Å². The number of carbonyl (C=O) groups is 1. The Labute approximate surface area is 118 Å². The van der Waals surface area contributed by atoms with Crippen LogP contribution in [0.1, 0.15) is 32.3 Å². The third-order valence-electron chi connectivity index (χ3n) is 3.97. The maximum Gasteiger partial charge on any atom is 0.144 e. The van der Waals surface area contributed by atoms with Crippen LogP contribution in [-0.2, 0) is 4.79 Å². The fourth-order valence-electron chi connectivity index (χ4n) is 3.17. The highest BCUT2D eigenvalue weighted by Crippen LogP contribution is 2.40. The number of nitrogens with zero attached hydrogens (tertiary/aromatic N) is 1. The molecule has 0 spiro atoms. The summed E-state index contributed by atoms with van der Waals surface area (Å²) in [6, 6.07) is 7.69. The van der Waals surface area contributed by atoms with Crippen molar-refractivity contribution in [3.63, 3.8) is 0 Å². The molecule has 0 saturated heterocycles. The predicted octanol–water partition coefficient (Wildman–Crippen LogP) is 3.02. The van der Waals surface area contributed by atoms with E-state index in [0.29, 0.717) is 11.4 Å². The van der Waals surface area contributed by atoms with E-state index < -0.39 is 0 Å². The number of fused-ring (bicyclic) bond motifs is 1. The lowest BCUT2D eigenvalue weighted by Gasteiger charge is -2.36. The summed E-state index contributed by atoms with van der Waals surface area (Å²) < 4.78 is 0. The minimum absolute atomic E-state index is 0.0523. The molecule has 0 aromatic heterocycles. The van der Waals surface area contributed by atoms with Crippen LogP contribution < -0.4 is 5.43 Å². The number of benzene rings is 1. The smallest absolute Gasteiger partial charge is 0.144 e. The minimum Gasteiger partial charge on any atom is -0.306 e. The van der Waals surface area contributed by atoms with Gasteiger partial charge < -0.3 is 5.43 Å². The third kappa shape index (κ3) is 2.16. The zero-order valence-corrected chi connectivity index (χ0v) is 11.9. The van der Waals surface area contributed by atoms with Gasteiger partial charge in [0.05, 0.1) is 17.7 Å². The fraction of sp³-hybridized carbons (Fsp3) is 0.467.